The lowest BCUT2D eigenvalue weighted by Gasteiger charge is -2.10. The Balaban J connectivity index is 1.23. The first kappa shape index (κ1) is 44.3. The normalized spacial score (nSPS) is 11.8. The molecule has 2 aliphatic rings. The smallest absolute Gasteiger partial charge is 0.162 e. The molecule has 16 rings (SSSR count). The molecule has 0 saturated heterocycles. The molecule has 0 amide bonds. The number of nitriles is 2. The molecule has 11 aromatic carbocycles. The van der Waals surface area contributed by atoms with Crippen molar-refractivity contribution in [3.05, 3.63) is 235 Å². The molecule has 0 fully saturated rings. The molecule has 7 heteroatoms. The van der Waals surface area contributed by atoms with Gasteiger partial charge >= 0.3 is 0 Å². The number of hydrogen-bond donors (Lipinski definition) is 2. The van der Waals surface area contributed by atoms with Gasteiger partial charge in [-0.1, -0.05) is 151 Å². The summed E-state index contributed by atoms with van der Waals surface area (Å²) in [6.45, 7) is 2.12. The summed E-state index contributed by atoms with van der Waals surface area (Å²) in [7, 11) is 0. The molecule has 3 aromatic heterocycles. The van der Waals surface area contributed by atoms with E-state index in [9.17, 15) is 10.5 Å². The van der Waals surface area contributed by atoms with Crippen LogP contribution in [0.2, 0.25) is 0 Å². The van der Waals surface area contributed by atoms with Crippen LogP contribution < -0.4 is 0 Å². The van der Waals surface area contributed by atoms with Crippen molar-refractivity contribution in [3.63, 3.8) is 0 Å². The highest BCUT2D eigenvalue weighted by Gasteiger charge is 2.30. The second-order valence-electron chi connectivity index (χ2n) is 20.8. The molecule has 0 spiro atoms. The van der Waals surface area contributed by atoms with E-state index in [0.717, 1.165) is 159 Å². The number of nitrogens with one attached hydrogen (secondary N) is 2. The van der Waals surface area contributed by atoms with Crippen molar-refractivity contribution >= 4 is 86.8 Å². The fourth-order valence-corrected chi connectivity index (χ4v) is 12.3. The second-order valence-corrected chi connectivity index (χ2v) is 20.8. The van der Waals surface area contributed by atoms with Crippen molar-refractivity contribution in [1.82, 2.24) is 24.9 Å². The fourth-order valence-electron chi connectivity index (χ4n) is 12.3. The summed E-state index contributed by atoms with van der Waals surface area (Å²) in [5.74, 6) is 0.566. The number of H-pyrrole nitrogens is 2. The lowest BCUT2D eigenvalue weighted by molar-refractivity contribution is 1.27. The quantitative estimate of drug-likeness (QED) is 0.183. The summed E-state index contributed by atoms with van der Waals surface area (Å²) in [6, 6.07) is 81.4. The van der Waals surface area contributed by atoms with Crippen molar-refractivity contribution in [2.75, 3.05) is 0 Å². The van der Waals surface area contributed by atoms with Gasteiger partial charge in [0, 0.05) is 60.5 Å². The van der Waals surface area contributed by atoms with Crippen LogP contribution in [-0.2, 0) is 0 Å². The van der Waals surface area contributed by atoms with Crippen LogP contribution >= 0.6 is 0 Å². The summed E-state index contributed by atoms with van der Waals surface area (Å²) in [4.78, 5) is 25.7. The number of benzene rings is 11. The van der Waals surface area contributed by atoms with Crippen molar-refractivity contribution in [2.45, 2.75) is 6.92 Å². The first-order valence-corrected chi connectivity index (χ1v) is 26.4. The molecule has 14 aromatic rings. The molecule has 0 aliphatic carbocycles. The van der Waals surface area contributed by atoms with Crippen LogP contribution in [0.25, 0.3) is 165 Å². The SMILES string of the molecule is Cc1ccc(-c2c3nc(c(-c4ccc(C#N)cc4)c4[nH]c(nc5nc(c(-c6ccc(C#N)cc6)c6[nH]c2c2cc7ccccc7cc62)-c2cc6ccccc6cc2-5)c2cc5ccccc5cc42)-c2cc4ccccc4cc2-3)cc1. The van der Waals surface area contributed by atoms with Gasteiger partial charge in [0.1, 0.15) is 5.65 Å². The summed E-state index contributed by atoms with van der Waals surface area (Å²) >= 11 is 0. The maximum Gasteiger partial charge on any atom is 0.162 e. The third-order valence-electron chi connectivity index (χ3n) is 16.2. The molecular formula is C72H41N7. The summed E-state index contributed by atoms with van der Waals surface area (Å²) in [6.07, 6.45) is 0. The largest absolute Gasteiger partial charge is 0.353 e. The number of fused-ring (bicyclic) bond motifs is 24. The molecule has 2 N–H and O–H groups in total. The second kappa shape index (κ2) is 17.0. The minimum atomic E-state index is 0.564. The number of aryl methyl sites for hydroxylation is 1. The van der Waals surface area contributed by atoms with E-state index in [1.165, 1.54) is 0 Å². The van der Waals surface area contributed by atoms with E-state index in [-0.39, 0.29) is 0 Å². The van der Waals surface area contributed by atoms with Gasteiger partial charge in [-0.15, -0.1) is 0 Å². The van der Waals surface area contributed by atoms with Crippen LogP contribution in [0.3, 0.4) is 0 Å². The Morgan fingerprint density at radius 3 is 1.08 bits per heavy atom. The van der Waals surface area contributed by atoms with E-state index in [1.807, 2.05) is 48.5 Å². The molecule has 0 atom stereocenters. The van der Waals surface area contributed by atoms with Crippen LogP contribution in [0.1, 0.15) is 16.7 Å². The zero-order chi connectivity index (χ0) is 52.5. The summed E-state index contributed by atoms with van der Waals surface area (Å²) < 4.78 is 0. The van der Waals surface area contributed by atoms with E-state index in [0.29, 0.717) is 22.6 Å². The topological polar surface area (TPSA) is 118 Å². The molecule has 8 bridgehead atoms. The maximum absolute atomic E-state index is 10.2. The van der Waals surface area contributed by atoms with E-state index in [4.69, 9.17) is 15.0 Å². The maximum atomic E-state index is 10.2. The Bertz CT molecular complexity index is 5210. The Hall–Kier alpha value is -11.0. The molecule has 0 saturated carbocycles. The third-order valence-corrected chi connectivity index (χ3v) is 16.2. The Kier molecular flexibility index (Phi) is 9.54. The van der Waals surface area contributed by atoms with Gasteiger partial charge in [0.2, 0.25) is 0 Å². The number of nitrogens with zero attached hydrogens (tertiary/aromatic N) is 5. The van der Waals surface area contributed by atoms with Crippen LogP contribution in [0.5, 0.6) is 0 Å². The van der Waals surface area contributed by atoms with E-state index >= 15 is 0 Å². The average molecular weight is 1000 g/mol. The predicted octanol–water partition coefficient (Wildman–Crippen LogP) is 18.3. The molecule has 7 nitrogen and oxygen atoms in total. The molecular weight excluding hydrogens is 963 g/mol. The zero-order valence-electron chi connectivity index (χ0n) is 42.5. The van der Waals surface area contributed by atoms with E-state index < -0.39 is 0 Å². The lowest BCUT2D eigenvalue weighted by atomic mass is 9.91. The molecule has 0 unspecified atom stereocenters. The van der Waals surface area contributed by atoms with Crippen molar-refractivity contribution < 1.29 is 0 Å². The third kappa shape index (κ3) is 6.87. The first-order valence-electron chi connectivity index (χ1n) is 26.4. The fraction of sp³-hybridized carbons (Fsp3) is 0.0139. The minimum absolute atomic E-state index is 0.564. The average Bonchev–Trinajstić information content (AvgIpc) is 4.13. The standard InChI is InChI=1S/C72H41N7/c1-40-18-24-43(25-19-40)62-65-54-30-46-10-2-4-12-48(46)32-56(54)67(75-65)63(44-26-20-41(38-73)21-27-44)69-58-34-50-14-6-8-16-52(50)36-60(58)71(77-69)79-72-61-37-53-17-9-7-15-51(53)35-59(61)70(78-72)64(45-28-22-42(39-74)23-29-45)68-57-33-49-13-5-3-11-47(49)31-55(57)66(62)76-68/h2-37,75H,1H3,(H,77,78,79). The molecule has 364 valence electrons. The monoisotopic (exact) mass is 1000 g/mol. The van der Waals surface area contributed by atoms with E-state index in [1.54, 1.807) is 0 Å². The number of aromatic amines is 2. The van der Waals surface area contributed by atoms with Gasteiger partial charge in [-0.2, -0.15) is 10.5 Å². The number of hydrogen-bond acceptors (Lipinski definition) is 5. The molecule has 5 heterocycles. The minimum Gasteiger partial charge on any atom is -0.353 e. The van der Waals surface area contributed by atoms with Gasteiger partial charge in [0.05, 0.1) is 56.9 Å². The summed E-state index contributed by atoms with van der Waals surface area (Å²) in [5.41, 5.74) is 17.2. The van der Waals surface area contributed by atoms with Gasteiger partial charge in [-0.05, 0) is 140 Å². The molecule has 0 radical (unpaired) electrons. The van der Waals surface area contributed by atoms with Gasteiger partial charge < -0.3 is 9.97 Å². The molecule has 2 aliphatic heterocycles. The van der Waals surface area contributed by atoms with Crippen LogP contribution in [-0.4, -0.2) is 24.9 Å². The van der Waals surface area contributed by atoms with Gasteiger partial charge in [-0.3, -0.25) is 0 Å². The number of aromatic nitrogens is 5. The Labute approximate surface area is 452 Å². The van der Waals surface area contributed by atoms with Crippen molar-refractivity contribution in [2.24, 2.45) is 0 Å². The molecule has 79 heavy (non-hydrogen) atoms. The van der Waals surface area contributed by atoms with E-state index in [2.05, 4.69) is 199 Å². The number of rotatable bonds is 3. The Morgan fingerprint density at radius 1 is 0.329 bits per heavy atom. The summed E-state index contributed by atoms with van der Waals surface area (Å²) in [5, 5.41) is 33.0. The Morgan fingerprint density at radius 2 is 0.658 bits per heavy atom. The lowest BCUT2D eigenvalue weighted by Crippen LogP contribution is -1.88. The van der Waals surface area contributed by atoms with Crippen LogP contribution in [0.4, 0.5) is 0 Å². The zero-order valence-corrected chi connectivity index (χ0v) is 42.5. The van der Waals surface area contributed by atoms with Crippen LogP contribution in [0.15, 0.2) is 218 Å². The predicted molar refractivity (Wildman–Crippen MR) is 323 cm³/mol. The highest BCUT2D eigenvalue weighted by Crippen LogP contribution is 2.51. The van der Waals surface area contributed by atoms with Crippen molar-refractivity contribution in [3.8, 4) is 90.7 Å². The highest BCUT2D eigenvalue weighted by atomic mass is 15.0. The van der Waals surface area contributed by atoms with Gasteiger partial charge in [-0.25, -0.2) is 15.0 Å². The van der Waals surface area contributed by atoms with Gasteiger partial charge in [0.25, 0.3) is 0 Å². The highest BCUT2D eigenvalue weighted by molar-refractivity contribution is 6.23. The van der Waals surface area contributed by atoms with Gasteiger partial charge in [0.15, 0.2) is 5.82 Å². The first-order chi connectivity index (χ1) is 38.9. The van der Waals surface area contributed by atoms with Crippen LogP contribution in [0, 0.1) is 29.6 Å². The van der Waals surface area contributed by atoms with Crippen molar-refractivity contribution in [1.29, 1.82) is 10.5 Å².